The van der Waals surface area contributed by atoms with E-state index in [4.69, 9.17) is 0 Å². The maximum atomic E-state index is 12.1. The van der Waals surface area contributed by atoms with E-state index < -0.39 is 5.91 Å². The monoisotopic (exact) mass is 309 g/mol. The van der Waals surface area contributed by atoms with Crippen LogP contribution in [0.2, 0.25) is 0 Å². The molecule has 1 N–H and O–H groups in total. The van der Waals surface area contributed by atoms with Gasteiger partial charge in [0.1, 0.15) is 0 Å². The van der Waals surface area contributed by atoms with Crippen LogP contribution in [-0.4, -0.2) is 36.7 Å². The summed E-state index contributed by atoms with van der Waals surface area (Å²) in [6.45, 7) is 5.62. The van der Waals surface area contributed by atoms with Crippen molar-refractivity contribution in [2.45, 2.75) is 20.8 Å². The van der Waals surface area contributed by atoms with Gasteiger partial charge in [0.25, 0.3) is 5.78 Å². The minimum Gasteiger partial charge on any atom is -0.264 e. The van der Waals surface area contributed by atoms with Gasteiger partial charge in [-0.3, -0.25) is 9.78 Å². The van der Waals surface area contributed by atoms with Gasteiger partial charge in [-0.25, -0.2) is 14.9 Å². The predicted molar refractivity (Wildman–Crippen MR) is 84.3 cm³/mol. The van der Waals surface area contributed by atoms with Crippen LogP contribution in [0.25, 0.3) is 5.78 Å². The Morgan fingerprint density at radius 3 is 2.78 bits per heavy atom. The first-order valence-electron chi connectivity index (χ1n) is 7.01. The highest BCUT2D eigenvalue weighted by Crippen LogP contribution is 2.05. The van der Waals surface area contributed by atoms with Crippen LogP contribution in [0.4, 0.5) is 0 Å². The van der Waals surface area contributed by atoms with Crippen molar-refractivity contribution in [2.24, 2.45) is 5.10 Å². The third-order valence-electron chi connectivity index (χ3n) is 3.09. The third kappa shape index (κ3) is 3.20. The molecule has 3 rings (SSSR count). The molecule has 0 aliphatic carbocycles. The number of aryl methyl sites for hydroxylation is 3. The zero-order valence-electron chi connectivity index (χ0n) is 13.0. The van der Waals surface area contributed by atoms with Crippen LogP contribution in [0.5, 0.6) is 0 Å². The molecule has 3 heterocycles. The standard InChI is InChI=1S/C15H15N7O/c1-9-5-4-6-12(17-9)8-16-20-14(23)13-19-15-18-10(2)7-11(3)22(15)21-13/h4-8H,1-3H3,(H,20,23)/b16-8-. The fourth-order valence-corrected chi connectivity index (χ4v) is 2.11. The summed E-state index contributed by atoms with van der Waals surface area (Å²) < 4.78 is 1.52. The molecule has 0 aliphatic heterocycles. The summed E-state index contributed by atoms with van der Waals surface area (Å²) in [6, 6.07) is 7.41. The first-order valence-corrected chi connectivity index (χ1v) is 7.01. The van der Waals surface area contributed by atoms with Crippen molar-refractivity contribution in [3.8, 4) is 0 Å². The molecule has 8 heteroatoms. The normalized spacial score (nSPS) is 11.3. The van der Waals surface area contributed by atoms with Gasteiger partial charge in [-0.2, -0.15) is 10.1 Å². The molecule has 116 valence electrons. The van der Waals surface area contributed by atoms with Crippen LogP contribution in [0, 0.1) is 20.8 Å². The molecule has 0 bridgehead atoms. The smallest absolute Gasteiger partial charge is 0.264 e. The number of hydrogen-bond acceptors (Lipinski definition) is 6. The average molecular weight is 309 g/mol. The van der Waals surface area contributed by atoms with Crippen LogP contribution in [0.15, 0.2) is 29.4 Å². The first-order chi connectivity index (χ1) is 11.0. The van der Waals surface area contributed by atoms with E-state index in [1.54, 1.807) is 6.07 Å². The topological polar surface area (TPSA) is 97.4 Å². The van der Waals surface area contributed by atoms with Gasteiger partial charge in [-0.05, 0) is 39.0 Å². The van der Waals surface area contributed by atoms with Gasteiger partial charge in [0.05, 0.1) is 11.9 Å². The molecule has 23 heavy (non-hydrogen) atoms. The van der Waals surface area contributed by atoms with Gasteiger partial charge in [-0.15, -0.1) is 5.10 Å². The van der Waals surface area contributed by atoms with Gasteiger partial charge in [0.15, 0.2) is 0 Å². The molecule has 0 spiro atoms. The summed E-state index contributed by atoms with van der Waals surface area (Å²) in [4.78, 5) is 24.7. The molecule has 1 amide bonds. The van der Waals surface area contributed by atoms with Crippen molar-refractivity contribution >= 4 is 17.9 Å². The zero-order valence-corrected chi connectivity index (χ0v) is 13.0. The van der Waals surface area contributed by atoms with E-state index in [9.17, 15) is 4.79 Å². The molecule has 0 aliphatic rings. The summed E-state index contributed by atoms with van der Waals surface area (Å²) in [5.41, 5.74) is 5.59. The molecular weight excluding hydrogens is 294 g/mol. The number of carbonyl (C=O) groups is 1. The molecule has 0 atom stereocenters. The second-order valence-corrected chi connectivity index (χ2v) is 5.09. The van der Waals surface area contributed by atoms with E-state index >= 15 is 0 Å². The Morgan fingerprint density at radius 1 is 1.17 bits per heavy atom. The summed E-state index contributed by atoms with van der Waals surface area (Å²) in [7, 11) is 0. The van der Waals surface area contributed by atoms with Crippen LogP contribution >= 0.6 is 0 Å². The summed E-state index contributed by atoms with van der Waals surface area (Å²) in [5.74, 6) is -0.103. The second kappa shape index (κ2) is 5.91. The summed E-state index contributed by atoms with van der Waals surface area (Å²) >= 11 is 0. The Labute approximate surface area is 132 Å². The number of nitrogens with one attached hydrogen (secondary N) is 1. The van der Waals surface area contributed by atoms with Crippen molar-refractivity contribution in [3.63, 3.8) is 0 Å². The largest absolute Gasteiger partial charge is 0.311 e. The maximum absolute atomic E-state index is 12.1. The summed E-state index contributed by atoms with van der Waals surface area (Å²) in [5, 5.41) is 8.01. The highest BCUT2D eigenvalue weighted by molar-refractivity contribution is 5.91. The molecule has 3 aromatic rings. The van der Waals surface area contributed by atoms with Crippen molar-refractivity contribution in [2.75, 3.05) is 0 Å². The van der Waals surface area contributed by atoms with Gasteiger partial charge in [0, 0.05) is 17.1 Å². The van der Waals surface area contributed by atoms with Gasteiger partial charge in [0.2, 0.25) is 5.82 Å². The number of amides is 1. The van der Waals surface area contributed by atoms with Crippen molar-refractivity contribution in [1.29, 1.82) is 0 Å². The van der Waals surface area contributed by atoms with Gasteiger partial charge >= 0.3 is 5.91 Å². The first kappa shape index (κ1) is 14.8. The Bertz CT molecular complexity index is 913. The van der Waals surface area contributed by atoms with Crippen molar-refractivity contribution in [1.82, 2.24) is 30.0 Å². The Kier molecular flexibility index (Phi) is 3.80. The zero-order chi connectivity index (χ0) is 16.4. The molecular formula is C15H15N7O. The highest BCUT2D eigenvalue weighted by Gasteiger charge is 2.14. The van der Waals surface area contributed by atoms with Crippen LogP contribution < -0.4 is 5.43 Å². The van der Waals surface area contributed by atoms with Crippen molar-refractivity contribution in [3.05, 3.63) is 52.9 Å². The number of rotatable bonds is 3. The SMILES string of the molecule is Cc1cccc(/C=N\NC(=O)c2nc3nc(C)cc(C)n3n2)n1. The fourth-order valence-electron chi connectivity index (χ4n) is 2.11. The molecule has 0 saturated heterocycles. The second-order valence-electron chi connectivity index (χ2n) is 5.09. The van der Waals surface area contributed by atoms with Gasteiger partial charge < -0.3 is 0 Å². The number of hydrogen-bond donors (Lipinski definition) is 1. The number of hydrazone groups is 1. The maximum Gasteiger partial charge on any atom is 0.311 e. The molecule has 0 unspecified atom stereocenters. The van der Waals surface area contributed by atoms with E-state index in [1.807, 2.05) is 39.0 Å². The highest BCUT2D eigenvalue weighted by atomic mass is 16.2. The lowest BCUT2D eigenvalue weighted by atomic mass is 10.3. The predicted octanol–water partition coefficient (Wildman–Crippen LogP) is 1.21. The molecule has 8 nitrogen and oxygen atoms in total. The van der Waals surface area contributed by atoms with Crippen molar-refractivity contribution < 1.29 is 4.79 Å². The van der Waals surface area contributed by atoms with Crippen LogP contribution in [-0.2, 0) is 0 Å². The Hall–Kier alpha value is -3.16. The average Bonchev–Trinajstić information content (AvgIpc) is 2.91. The van der Waals surface area contributed by atoms with Gasteiger partial charge in [-0.1, -0.05) is 6.07 Å². The molecule has 0 aromatic carbocycles. The Balaban J connectivity index is 1.77. The number of aromatic nitrogens is 5. The van der Waals surface area contributed by atoms with E-state index in [0.29, 0.717) is 11.5 Å². The third-order valence-corrected chi connectivity index (χ3v) is 3.09. The van der Waals surface area contributed by atoms with E-state index in [2.05, 4.69) is 30.6 Å². The van der Waals surface area contributed by atoms with E-state index in [-0.39, 0.29) is 5.82 Å². The van der Waals surface area contributed by atoms with E-state index in [0.717, 1.165) is 17.1 Å². The number of pyridine rings is 1. The fraction of sp³-hybridized carbons (Fsp3) is 0.200. The lowest BCUT2D eigenvalue weighted by molar-refractivity contribution is 0.0945. The number of nitrogens with zero attached hydrogens (tertiary/aromatic N) is 6. The lowest BCUT2D eigenvalue weighted by Crippen LogP contribution is -2.19. The quantitative estimate of drug-likeness (QED) is 0.579. The molecule has 0 radical (unpaired) electrons. The number of carbonyl (C=O) groups excluding carboxylic acids is 1. The number of fused-ring (bicyclic) bond motifs is 1. The molecule has 0 fully saturated rings. The minimum absolute atomic E-state index is 0.0144. The van der Waals surface area contributed by atoms with Crippen LogP contribution in [0.1, 0.15) is 33.4 Å². The lowest BCUT2D eigenvalue weighted by Gasteiger charge is -1.97. The van der Waals surface area contributed by atoms with E-state index in [1.165, 1.54) is 10.7 Å². The minimum atomic E-state index is -0.503. The van der Waals surface area contributed by atoms with Crippen LogP contribution in [0.3, 0.4) is 0 Å². The Morgan fingerprint density at radius 2 is 2.00 bits per heavy atom. The summed E-state index contributed by atoms with van der Waals surface area (Å²) in [6.07, 6.45) is 1.47. The molecule has 3 aromatic heterocycles. The molecule has 0 saturated carbocycles.